The lowest BCUT2D eigenvalue weighted by atomic mass is 9.88. The second kappa shape index (κ2) is 5.67. The SMILES string of the molecule is CN(Cc1ccccc1)C(=O)CC(C)(C)C(N)=O. The predicted molar refractivity (Wildman–Crippen MR) is 70.5 cm³/mol. The van der Waals surface area contributed by atoms with Gasteiger partial charge in [-0.05, 0) is 5.56 Å². The van der Waals surface area contributed by atoms with Crippen molar-refractivity contribution in [1.29, 1.82) is 0 Å². The maximum Gasteiger partial charge on any atom is 0.223 e. The largest absolute Gasteiger partial charge is 0.369 e. The molecule has 2 amide bonds. The molecule has 98 valence electrons. The van der Waals surface area contributed by atoms with E-state index < -0.39 is 11.3 Å². The Balaban J connectivity index is 2.60. The molecule has 4 nitrogen and oxygen atoms in total. The highest BCUT2D eigenvalue weighted by Gasteiger charge is 2.29. The van der Waals surface area contributed by atoms with Gasteiger partial charge in [0.2, 0.25) is 11.8 Å². The topological polar surface area (TPSA) is 63.4 Å². The number of benzene rings is 1. The lowest BCUT2D eigenvalue weighted by Crippen LogP contribution is -2.37. The summed E-state index contributed by atoms with van der Waals surface area (Å²) in [5.41, 5.74) is 5.52. The maximum absolute atomic E-state index is 12.0. The first-order valence-corrected chi connectivity index (χ1v) is 5.91. The first-order chi connectivity index (χ1) is 8.33. The quantitative estimate of drug-likeness (QED) is 0.859. The molecule has 0 spiro atoms. The van der Waals surface area contributed by atoms with E-state index in [0.717, 1.165) is 5.56 Å². The predicted octanol–water partition coefficient (Wildman–Crippen LogP) is 1.55. The van der Waals surface area contributed by atoms with Crippen molar-refractivity contribution in [1.82, 2.24) is 4.90 Å². The van der Waals surface area contributed by atoms with Gasteiger partial charge in [-0.15, -0.1) is 0 Å². The molecule has 18 heavy (non-hydrogen) atoms. The van der Waals surface area contributed by atoms with Crippen LogP contribution in [0.3, 0.4) is 0 Å². The third kappa shape index (κ3) is 3.87. The fourth-order valence-electron chi connectivity index (χ4n) is 1.55. The summed E-state index contributed by atoms with van der Waals surface area (Å²) in [5.74, 6) is -0.536. The van der Waals surface area contributed by atoms with Gasteiger partial charge in [-0.2, -0.15) is 0 Å². The zero-order valence-electron chi connectivity index (χ0n) is 11.1. The Morgan fingerprint density at radius 1 is 1.22 bits per heavy atom. The molecule has 1 rings (SSSR count). The minimum Gasteiger partial charge on any atom is -0.369 e. The zero-order chi connectivity index (χ0) is 13.8. The molecule has 4 heteroatoms. The second-order valence-corrected chi connectivity index (χ2v) is 5.16. The zero-order valence-corrected chi connectivity index (χ0v) is 11.1. The summed E-state index contributed by atoms with van der Waals surface area (Å²) >= 11 is 0. The molecular formula is C14H20N2O2. The molecule has 0 saturated carbocycles. The fourth-order valence-corrected chi connectivity index (χ4v) is 1.55. The number of primary amides is 1. The monoisotopic (exact) mass is 248 g/mol. The molecule has 0 unspecified atom stereocenters. The third-order valence-corrected chi connectivity index (χ3v) is 2.95. The summed E-state index contributed by atoms with van der Waals surface area (Å²) in [6, 6.07) is 9.72. The van der Waals surface area contributed by atoms with Crippen LogP contribution in [-0.2, 0) is 16.1 Å². The molecule has 0 aliphatic rings. The van der Waals surface area contributed by atoms with E-state index in [9.17, 15) is 9.59 Å². The van der Waals surface area contributed by atoms with E-state index in [-0.39, 0.29) is 12.3 Å². The molecule has 0 aromatic heterocycles. The lowest BCUT2D eigenvalue weighted by molar-refractivity contribution is -0.137. The minimum atomic E-state index is -0.804. The van der Waals surface area contributed by atoms with E-state index in [4.69, 9.17) is 5.73 Å². The molecule has 0 saturated heterocycles. The number of nitrogens with two attached hydrogens (primary N) is 1. The molecule has 1 aromatic carbocycles. The van der Waals surface area contributed by atoms with Gasteiger partial charge in [0.05, 0.1) is 5.41 Å². The maximum atomic E-state index is 12.0. The first-order valence-electron chi connectivity index (χ1n) is 5.91. The van der Waals surface area contributed by atoms with E-state index >= 15 is 0 Å². The first kappa shape index (κ1) is 14.2. The Kier molecular flexibility index (Phi) is 4.48. The van der Waals surface area contributed by atoms with Crippen LogP contribution < -0.4 is 5.73 Å². The highest BCUT2D eigenvalue weighted by Crippen LogP contribution is 2.20. The third-order valence-electron chi connectivity index (χ3n) is 2.95. The molecule has 0 atom stereocenters. The fraction of sp³-hybridized carbons (Fsp3) is 0.429. The average Bonchev–Trinajstić information content (AvgIpc) is 2.29. The van der Waals surface area contributed by atoms with E-state index in [0.29, 0.717) is 6.54 Å². The molecule has 0 aliphatic heterocycles. The van der Waals surface area contributed by atoms with Gasteiger partial charge in [-0.3, -0.25) is 9.59 Å². The van der Waals surface area contributed by atoms with Gasteiger partial charge in [0.1, 0.15) is 0 Å². The number of amides is 2. The summed E-state index contributed by atoms with van der Waals surface area (Å²) in [6.45, 7) is 3.90. The van der Waals surface area contributed by atoms with Gasteiger partial charge in [0.15, 0.2) is 0 Å². The van der Waals surface area contributed by atoms with E-state index in [1.165, 1.54) is 0 Å². The van der Waals surface area contributed by atoms with Crippen LogP contribution >= 0.6 is 0 Å². The summed E-state index contributed by atoms with van der Waals surface area (Å²) in [6.07, 6.45) is 0.131. The molecule has 0 heterocycles. The van der Waals surface area contributed by atoms with Crippen molar-refractivity contribution in [2.45, 2.75) is 26.8 Å². The van der Waals surface area contributed by atoms with Gasteiger partial charge in [-0.1, -0.05) is 44.2 Å². The van der Waals surface area contributed by atoms with Gasteiger partial charge in [-0.25, -0.2) is 0 Å². The highest BCUT2D eigenvalue weighted by molar-refractivity contribution is 5.87. The van der Waals surface area contributed by atoms with Crippen molar-refractivity contribution in [3.05, 3.63) is 35.9 Å². The molecule has 1 aromatic rings. The van der Waals surface area contributed by atoms with E-state index in [1.54, 1.807) is 25.8 Å². The number of carbonyl (C=O) groups is 2. The van der Waals surface area contributed by atoms with Crippen LogP contribution in [0.4, 0.5) is 0 Å². The number of nitrogens with zero attached hydrogens (tertiary/aromatic N) is 1. The smallest absolute Gasteiger partial charge is 0.223 e. The number of hydrogen-bond acceptors (Lipinski definition) is 2. The van der Waals surface area contributed by atoms with Crippen molar-refractivity contribution < 1.29 is 9.59 Å². The van der Waals surface area contributed by atoms with Crippen LogP contribution in [0.5, 0.6) is 0 Å². The second-order valence-electron chi connectivity index (χ2n) is 5.16. The molecule has 0 radical (unpaired) electrons. The van der Waals surface area contributed by atoms with Crippen molar-refractivity contribution in [2.24, 2.45) is 11.1 Å². The van der Waals surface area contributed by atoms with Crippen LogP contribution in [0.2, 0.25) is 0 Å². The lowest BCUT2D eigenvalue weighted by Gasteiger charge is -2.24. The number of carbonyl (C=O) groups excluding carboxylic acids is 2. The van der Waals surface area contributed by atoms with Crippen LogP contribution in [0.15, 0.2) is 30.3 Å². The summed E-state index contributed by atoms with van der Waals surface area (Å²) in [7, 11) is 1.73. The molecular weight excluding hydrogens is 228 g/mol. The van der Waals surface area contributed by atoms with Crippen molar-refractivity contribution in [3.63, 3.8) is 0 Å². The van der Waals surface area contributed by atoms with Gasteiger partial charge in [0, 0.05) is 20.0 Å². The molecule has 2 N–H and O–H groups in total. The van der Waals surface area contributed by atoms with E-state index in [1.807, 2.05) is 30.3 Å². The molecule has 0 bridgehead atoms. The average molecular weight is 248 g/mol. The van der Waals surface area contributed by atoms with Gasteiger partial charge < -0.3 is 10.6 Å². The standard InChI is InChI=1S/C14H20N2O2/c1-14(2,13(15)18)9-12(17)16(3)10-11-7-5-4-6-8-11/h4-8H,9-10H2,1-3H3,(H2,15,18). The summed E-state index contributed by atoms with van der Waals surface area (Å²) < 4.78 is 0. The van der Waals surface area contributed by atoms with Gasteiger partial charge >= 0.3 is 0 Å². The minimum absolute atomic E-state index is 0.0809. The summed E-state index contributed by atoms with van der Waals surface area (Å²) in [5, 5.41) is 0. The van der Waals surface area contributed by atoms with E-state index in [2.05, 4.69) is 0 Å². The van der Waals surface area contributed by atoms with Crippen molar-refractivity contribution >= 4 is 11.8 Å². The van der Waals surface area contributed by atoms with Crippen LogP contribution in [0.25, 0.3) is 0 Å². The van der Waals surface area contributed by atoms with Gasteiger partial charge in [0.25, 0.3) is 0 Å². The van der Waals surface area contributed by atoms with Crippen LogP contribution in [-0.4, -0.2) is 23.8 Å². The Hall–Kier alpha value is -1.84. The van der Waals surface area contributed by atoms with Crippen molar-refractivity contribution in [3.8, 4) is 0 Å². The van der Waals surface area contributed by atoms with Crippen LogP contribution in [0, 0.1) is 5.41 Å². The Labute approximate surface area is 108 Å². The number of hydrogen-bond donors (Lipinski definition) is 1. The molecule has 0 aliphatic carbocycles. The Morgan fingerprint density at radius 3 is 2.28 bits per heavy atom. The molecule has 0 fully saturated rings. The Morgan fingerprint density at radius 2 is 1.78 bits per heavy atom. The van der Waals surface area contributed by atoms with Crippen LogP contribution in [0.1, 0.15) is 25.8 Å². The summed E-state index contributed by atoms with van der Waals surface area (Å²) in [4.78, 5) is 24.8. The Bertz CT molecular complexity index is 427. The van der Waals surface area contributed by atoms with Crippen molar-refractivity contribution in [2.75, 3.05) is 7.05 Å². The number of rotatable bonds is 5. The normalized spacial score (nSPS) is 11.1. The highest BCUT2D eigenvalue weighted by atomic mass is 16.2.